The van der Waals surface area contributed by atoms with E-state index < -0.39 is 0 Å². The van der Waals surface area contributed by atoms with E-state index in [2.05, 4.69) is 20.7 Å². The van der Waals surface area contributed by atoms with Crippen molar-refractivity contribution in [3.05, 3.63) is 33.6 Å². The first-order valence-corrected chi connectivity index (χ1v) is 9.80. The van der Waals surface area contributed by atoms with Gasteiger partial charge in [-0.3, -0.25) is 0 Å². The summed E-state index contributed by atoms with van der Waals surface area (Å²) in [5, 5.41) is 1.92. The molecule has 0 saturated heterocycles. The van der Waals surface area contributed by atoms with Crippen molar-refractivity contribution >= 4 is 46.0 Å². The van der Waals surface area contributed by atoms with Crippen molar-refractivity contribution in [2.75, 3.05) is 20.0 Å². The Morgan fingerprint density at radius 2 is 1.92 bits per heavy atom. The van der Waals surface area contributed by atoms with Crippen molar-refractivity contribution in [1.29, 1.82) is 0 Å². The van der Waals surface area contributed by atoms with E-state index in [1.807, 2.05) is 0 Å². The Kier molecular flexibility index (Phi) is 4.86. The molecule has 0 N–H and O–H groups in total. The van der Waals surface area contributed by atoms with Crippen LogP contribution in [0, 0.1) is 0 Å². The number of nitrogens with zero attached hydrogens (tertiary/aromatic N) is 4. The Morgan fingerprint density at radius 3 is 2.65 bits per heavy atom. The molecule has 0 amide bonds. The smallest absolute Gasteiger partial charge is 0.278 e. The van der Waals surface area contributed by atoms with Crippen molar-refractivity contribution in [3.8, 4) is 11.8 Å². The highest BCUT2D eigenvalue weighted by Crippen LogP contribution is 2.36. The number of aromatic nitrogens is 4. The number of fused-ring (bicyclic) bond motifs is 2. The minimum absolute atomic E-state index is 0.304. The minimum Gasteiger partial charge on any atom is -0.477 e. The number of benzene rings is 1. The van der Waals surface area contributed by atoms with E-state index in [0.29, 0.717) is 39.3 Å². The second-order valence-corrected chi connectivity index (χ2v) is 7.70. The van der Waals surface area contributed by atoms with Gasteiger partial charge in [0.05, 0.1) is 41.0 Å². The molecule has 0 bridgehead atoms. The Bertz CT molecular complexity index is 969. The molecule has 0 saturated carbocycles. The molecular formula is C17H16Cl2N4O2S. The van der Waals surface area contributed by atoms with E-state index in [1.54, 1.807) is 17.8 Å². The lowest BCUT2D eigenvalue weighted by Crippen LogP contribution is -2.05. The Morgan fingerprint density at radius 1 is 1.15 bits per heavy atom. The number of imidazole rings is 1. The molecule has 9 heteroatoms. The van der Waals surface area contributed by atoms with E-state index in [1.165, 1.54) is 14.2 Å². The summed E-state index contributed by atoms with van der Waals surface area (Å²) in [6, 6.07) is 1.69. The normalized spacial score (nSPS) is 13.7. The molecule has 0 unspecified atom stereocenters. The summed E-state index contributed by atoms with van der Waals surface area (Å²) < 4.78 is 12.7. The van der Waals surface area contributed by atoms with E-state index in [-0.39, 0.29) is 0 Å². The van der Waals surface area contributed by atoms with Crippen LogP contribution < -0.4 is 9.47 Å². The molecule has 1 aliphatic heterocycles. The Hall–Kier alpha value is -1.70. The topological polar surface area (TPSA) is 62.1 Å². The first-order chi connectivity index (χ1) is 12.6. The predicted molar refractivity (Wildman–Crippen MR) is 103 cm³/mol. The molecule has 4 rings (SSSR count). The summed E-state index contributed by atoms with van der Waals surface area (Å²) in [6.45, 7) is 0.990. The van der Waals surface area contributed by atoms with Crippen LogP contribution in [0.2, 0.25) is 10.0 Å². The molecule has 1 aromatic carbocycles. The monoisotopic (exact) mass is 410 g/mol. The molecule has 0 fully saturated rings. The SMILES string of the molecule is COc1nc2cc(Cl)c(Cl)c(Cc3cn4c(n3)SCCC4)c2nc1OC. The number of halogens is 2. The average molecular weight is 411 g/mol. The molecule has 1 aliphatic rings. The fraction of sp³-hybridized carbons (Fsp3) is 0.353. The maximum absolute atomic E-state index is 6.51. The van der Waals surface area contributed by atoms with Gasteiger partial charge in [0.15, 0.2) is 5.16 Å². The zero-order valence-corrected chi connectivity index (χ0v) is 16.6. The summed E-state index contributed by atoms with van der Waals surface area (Å²) in [4.78, 5) is 13.7. The van der Waals surface area contributed by atoms with Crippen molar-refractivity contribution in [3.63, 3.8) is 0 Å². The molecule has 136 valence electrons. The lowest BCUT2D eigenvalue weighted by atomic mass is 10.1. The maximum Gasteiger partial charge on any atom is 0.278 e. The van der Waals surface area contributed by atoms with Crippen LogP contribution in [0.5, 0.6) is 11.8 Å². The van der Waals surface area contributed by atoms with Crippen LogP contribution in [0.1, 0.15) is 17.7 Å². The highest BCUT2D eigenvalue weighted by atomic mass is 35.5. The van der Waals surface area contributed by atoms with Crippen LogP contribution >= 0.6 is 35.0 Å². The molecule has 26 heavy (non-hydrogen) atoms. The fourth-order valence-corrected chi connectivity index (χ4v) is 4.37. The lowest BCUT2D eigenvalue weighted by Gasteiger charge is -2.12. The number of hydrogen-bond donors (Lipinski definition) is 0. The molecule has 0 radical (unpaired) electrons. The second-order valence-electron chi connectivity index (χ2n) is 5.85. The molecule has 0 spiro atoms. The van der Waals surface area contributed by atoms with Gasteiger partial charge >= 0.3 is 0 Å². The van der Waals surface area contributed by atoms with Gasteiger partial charge in [0.25, 0.3) is 11.8 Å². The molecule has 0 atom stereocenters. The summed E-state index contributed by atoms with van der Waals surface area (Å²) >= 11 is 14.6. The van der Waals surface area contributed by atoms with Gasteiger partial charge in [-0.2, -0.15) is 0 Å². The summed E-state index contributed by atoms with van der Waals surface area (Å²) in [5.41, 5.74) is 2.94. The Balaban J connectivity index is 1.84. The molecule has 3 heterocycles. The van der Waals surface area contributed by atoms with Gasteiger partial charge in [-0.15, -0.1) is 0 Å². The average Bonchev–Trinajstić information content (AvgIpc) is 3.07. The summed E-state index contributed by atoms with van der Waals surface area (Å²) in [6.07, 6.45) is 3.73. The van der Waals surface area contributed by atoms with Crippen molar-refractivity contribution in [2.24, 2.45) is 0 Å². The minimum atomic E-state index is 0.304. The molecule has 0 aliphatic carbocycles. The van der Waals surface area contributed by atoms with E-state index in [9.17, 15) is 0 Å². The van der Waals surface area contributed by atoms with Crippen molar-refractivity contribution in [2.45, 2.75) is 24.5 Å². The zero-order valence-electron chi connectivity index (χ0n) is 14.3. The van der Waals surface area contributed by atoms with E-state index in [0.717, 1.165) is 35.1 Å². The second kappa shape index (κ2) is 7.13. The van der Waals surface area contributed by atoms with Crippen molar-refractivity contribution in [1.82, 2.24) is 19.5 Å². The number of hydrogen-bond acceptors (Lipinski definition) is 6. The quantitative estimate of drug-likeness (QED) is 0.640. The van der Waals surface area contributed by atoms with Gasteiger partial charge in [0.1, 0.15) is 0 Å². The van der Waals surface area contributed by atoms with Gasteiger partial charge in [-0.05, 0) is 12.5 Å². The molecule has 6 nitrogen and oxygen atoms in total. The standard InChI is InChI=1S/C17H16Cl2N4O2S/c1-24-15-16(25-2)22-14-10(13(19)11(18)7-12(14)21-15)6-9-8-23-4-3-5-26-17(23)20-9/h7-8H,3-6H2,1-2H3. The maximum atomic E-state index is 6.51. The summed E-state index contributed by atoms with van der Waals surface area (Å²) in [7, 11) is 3.04. The van der Waals surface area contributed by atoms with Gasteiger partial charge in [0.2, 0.25) is 0 Å². The van der Waals surface area contributed by atoms with Gasteiger partial charge in [-0.25, -0.2) is 15.0 Å². The largest absolute Gasteiger partial charge is 0.477 e. The third kappa shape index (κ3) is 3.08. The van der Waals surface area contributed by atoms with E-state index in [4.69, 9.17) is 37.7 Å². The van der Waals surface area contributed by atoms with Crippen LogP contribution in [-0.4, -0.2) is 39.5 Å². The van der Waals surface area contributed by atoms with Crippen LogP contribution in [-0.2, 0) is 13.0 Å². The predicted octanol–water partition coefficient (Wildman–Crippen LogP) is 4.24. The van der Waals surface area contributed by atoms with Gasteiger partial charge < -0.3 is 14.0 Å². The Labute approximate surface area is 164 Å². The van der Waals surface area contributed by atoms with Crippen LogP contribution in [0.4, 0.5) is 0 Å². The van der Waals surface area contributed by atoms with Crippen LogP contribution in [0.25, 0.3) is 11.0 Å². The number of thioether (sulfide) groups is 1. The first kappa shape index (κ1) is 17.7. The highest BCUT2D eigenvalue weighted by molar-refractivity contribution is 7.99. The highest BCUT2D eigenvalue weighted by Gasteiger charge is 2.20. The van der Waals surface area contributed by atoms with Crippen LogP contribution in [0.15, 0.2) is 17.4 Å². The molecule has 3 aromatic rings. The number of ether oxygens (including phenoxy) is 2. The fourth-order valence-electron chi connectivity index (χ4n) is 2.99. The number of methoxy groups -OCH3 is 2. The first-order valence-electron chi connectivity index (χ1n) is 8.06. The van der Waals surface area contributed by atoms with E-state index >= 15 is 0 Å². The molecule has 2 aromatic heterocycles. The van der Waals surface area contributed by atoms with Crippen molar-refractivity contribution < 1.29 is 9.47 Å². The summed E-state index contributed by atoms with van der Waals surface area (Å²) in [5.74, 6) is 1.71. The lowest BCUT2D eigenvalue weighted by molar-refractivity contribution is 0.334. The third-order valence-corrected chi connectivity index (χ3v) is 6.10. The van der Waals surface area contributed by atoms with Gasteiger partial charge in [0, 0.05) is 30.5 Å². The van der Waals surface area contributed by atoms with Crippen LogP contribution in [0.3, 0.4) is 0 Å². The number of aryl methyl sites for hydroxylation is 1. The third-order valence-electron chi connectivity index (χ3n) is 4.19. The zero-order chi connectivity index (χ0) is 18.3. The molecular weight excluding hydrogens is 395 g/mol. The number of rotatable bonds is 4. The van der Waals surface area contributed by atoms with Gasteiger partial charge in [-0.1, -0.05) is 35.0 Å².